The fraction of sp³-hybridized carbons (Fsp3) is 0.167. The minimum Gasteiger partial charge on any atom is -0.481 e. The molecule has 0 spiro atoms. The molecule has 0 aliphatic heterocycles. The lowest BCUT2D eigenvalue weighted by Gasteiger charge is -1.99. The maximum absolute atomic E-state index is 10.3. The monoisotopic (exact) mass is 231 g/mol. The Balaban J connectivity index is 2.97. The Morgan fingerprint density at radius 2 is 2.42 bits per heavy atom. The number of hydrogen-bond acceptors (Lipinski definition) is 4. The molecular weight excluding hydrogens is 226 g/mol. The van der Waals surface area contributed by atoms with Gasteiger partial charge in [0.2, 0.25) is 5.95 Å². The minimum atomic E-state index is -0.950. The molecule has 64 valence electrons. The molecule has 0 radical (unpaired) electrons. The summed E-state index contributed by atoms with van der Waals surface area (Å²) in [7, 11) is 0. The fourth-order valence-corrected chi connectivity index (χ4v) is 1.02. The molecule has 1 rings (SSSR count). The molecule has 0 atom stereocenters. The summed E-state index contributed by atoms with van der Waals surface area (Å²) in [5, 5.41) is 8.46. The number of anilines is 1. The average molecular weight is 232 g/mol. The van der Waals surface area contributed by atoms with Crippen molar-refractivity contribution in [1.29, 1.82) is 0 Å². The van der Waals surface area contributed by atoms with E-state index in [1.165, 1.54) is 6.20 Å². The van der Waals surface area contributed by atoms with Crippen LogP contribution < -0.4 is 5.73 Å². The first-order valence-electron chi connectivity index (χ1n) is 3.08. The van der Waals surface area contributed by atoms with Gasteiger partial charge in [0, 0.05) is 6.20 Å². The van der Waals surface area contributed by atoms with Crippen LogP contribution in [0.25, 0.3) is 0 Å². The Kier molecular flexibility index (Phi) is 2.59. The lowest BCUT2D eigenvalue weighted by molar-refractivity contribution is -0.136. The number of nitrogens with two attached hydrogens (primary N) is 1. The Bertz CT molecular complexity index is 316. The van der Waals surface area contributed by atoms with E-state index >= 15 is 0 Å². The van der Waals surface area contributed by atoms with Crippen LogP contribution in [-0.4, -0.2) is 21.0 Å². The van der Waals surface area contributed by atoms with Crippen LogP contribution in [0.1, 0.15) is 5.69 Å². The highest BCUT2D eigenvalue weighted by atomic mass is 79.9. The van der Waals surface area contributed by atoms with Crippen LogP contribution in [-0.2, 0) is 11.2 Å². The second-order valence-corrected chi connectivity index (χ2v) is 2.95. The molecule has 6 heteroatoms. The summed E-state index contributed by atoms with van der Waals surface area (Å²) in [5.74, 6) is -0.872. The Hall–Kier alpha value is -1.17. The van der Waals surface area contributed by atoms with Crippen molar-refractivity contribution in [3.05, 3.63) is 16.4 Å². The van der Waals surface area contributed by atoms with E-state index in [-0.39, 0.29) is 12.4 Å². The molecule has 0 fully saturated rings. The summed E-state index contributed by atoms with van der Waals surface area (Å²) in [4.78, 5) is 17.7. The number of aromatic nitrogens is 2. The second kappa shape index (κ2) is 3.48. The van der Waals surface area contributed by atoms with Crippen molar-refractivity contribution in [2.45, 2.75) is 6.42 Å². The van der Waals surface area contributed by atoms with Crippen LogP contribution in [0.3, 0.4) is 0 Å². The largest absolute Gasteiger partial charge is 0.481 e. The van der Waals surface area contributed by atoms with E-state index in [4.69, 9.17) is 10.8 Å². The van der Waals surface area contributed by atoms with Gasteiger partial charge in [0.1, 0.15) is 0 Å². The van der Waals surface area contributed by atoms with Crippen molar-refractivity contribution in [3.63, 3.8) is 0 Å². The molecule has 0 saturated heterocycles. The summed E-state index contributed by atoms with van der Waals surface area (Å²) < 4.78 is 0.555. The van der Waals surface area contributed by atoms with E-state index in [1.54, 1.807) is 0 Å². The van der Waals surface area contributed by atoms with Crippen LogP contribution in [0.2, 0.25) is 0 Å². The molecule has 5 nitrogen and oxygen atoms in total. The Morgan fingerprint density at radius 1 is 1.75 bits per heavy atom. The summed E-state index contributed by atoms with van der Waals surface area (Å²) >= 11 is 3.12. The summed E-state index contributed by atoms with van der Waals surface area (Å²) in [6, 6.07) is 0. The van der Waals surface area contributed by atoms with Crippen molar-refractivity contribution in [2.75, 3.05) is 5.73 Å². The zero-order valence-corrected chi connectivity index (χ0v) is 7.58. The van der Waals surface area contributed by atoms with Gasteiger partial charge >= 0.3 is 5.97 Å². The Labute approximate surface area is 76.8 Å². The molecule has 0 saturated carbocycles. The van der Waals surface area contributed by atoms with Gasteiger partial charge in [-0.1, -0.05) is 0 Å². The molecule has 0 bridgehead atoms. The number of carboxylic acid groups (broad SMARTS) is 1. The van der Waals surface area contributed by atoms with Crippen LogP contribution >= 0.6 is 15.9 Å². The minimum absolute atomic E-state index is 0.0782. The van der Waals surface area contributed by atoms with Crippen LogP contribution in [0.5, 0.6) is 0 Å². The van der Waals surface area contributed by atoms with Gasteiger partial charge in [-0.05, 0) is 15.9 Å². The van der Waals surface area contributed by atoms with Crippen LogP contribution in [0.4, 0.5) is 5.95 Å². The number of nitrogen functional groups attached to an aromatic ring is 1. The first-order valence-corrected chi connectivity index (χ1v) is 3.87. The third-order valence-electron chi connectivity index (χ3n) is 1.15. The number of nitrogens with zero attached hydrogens (tertiary/aromatic N) is 2. The molecule has 0 aromatic carbocycles. The smallest absolute Gasteiger partial charge is 0.309 e. The number of hydrogen-bond donors (Lipinski definition) is 2. The van der Waals surface area contributed by atoms with Crippen LogP contribution in [0.15, 0.2) is 10.7 Å². The highest BCUT2D eigenvalue weighted by Crippen LogP contribution is 2.14. The standard InChI is InChI=1S/C6H6BrN3O2/c7-3-2-9-6(8)10-4(3)1-5(11)12/h2H,1H2,(H,11,12)(H2,8,9,10). The number of rotatable bonds is 2. The van der Waals surface area contributed by atoms with Gasteiger partial charge in [0.15, 0.2) is 0 Å². The van der Waals surface area contributed by atoms with Crippen molar-refractivity contribution >= 4 is 27.8 Å². The molecule has 0 aliphatic rings. The molecule has 1 heterocycles. The number of halogens is 1. The van der Waals surface area contributed by atoms with E-state index in [0.717, 1.165) is 0 Å². The molecular formula is C6H6BrN3O2. The van der Waals surface area contributed by atoms with Crippen molar-refractivity contribution in [3.8, 4) is 0 Å². The molecule has 3 N–H and O–H groups in total. The lowest BCUT2D eigenvalue weighted by atomic mass is 10.3. The zero-order valence-electron chi connectivity index (χ0n) is 5.99. The van der Waals surface area contributed by atoms with E-state index < -0.39 is 5.97 Å². The molecule has 0 aliphatic carbocycles. The first kappa shape index (κ1) is 8.92. The van der Waals surface area contributed by atoms with E-state index in [1.807, 2.05) is 0 Å². The number of carbonyl (C=O) groups is 1. The number of carboxylic acids is 1. The predicted octanol–water partition coefficient (Wildman–Crippen LogP) is 0.448. The molecule has 0 amide bonds. The van der Waals surface area contributed by atoms with Gasteiger partial charge in [-0.15, -0.1) is 0 Å². The SMILES string of the molecule is Nc1ncc(Br)c(CC(=O)O)n1. The maximum atomic E-state index is 10.3. The molecule has 1 aromatic heterocycles. The van der Waals surface area contributed by atoms with Crippen LogP contribution in [0, 0.1) is 0 Å². The quantitative estimate of drug-likeness (QED) is 0.772. The zero-order chi connectivity index (χ0) is 9.14. The second-order valence-electron chi connectivity index (χ2n) is 2.09. The van der Waals surface area contributed by atoms with E-state index in [9.17, 15) is 4.79 Å². The van der Waals surface area contributed by atoms with Gasteiger partial charge in [-0.2, -0.15) is 0 Å². The molecule has 1 aromatic rings. The third-order valence-corrected chi connectivity index (χ3v) is 1.82. The van der Waals surface area contributed by atoms with Gasteiger partial charge in [0.25, 0.3) is 0 Å². The highest BCUT2D eigenvalue weighted by Gasteiger charge is 2.07. The van der Waals surface area contributed by atoms with E-state index in [2.05, 4.69) is 25.9 Å². The lowest BCUT2D eigenvalue weighted by Crippen LogP contribution is -2.06. The molecule has 12 heavy (non-hydrogen) atoms. The maximum Gasteiger partial charge on any atom is 0.309 e. The van der Waals surface area contributed by atoms with Crippen molar-refractivity contribution < 1.29 is 9.90 Å². The predicted molar refractivity (Wildman–Crippen MR) is 45.5 cm³/mol. The topological polar surface area (TPSA) is 89.1 Å². The van der Waals surface area contributed by atoms with Gasteiger partial charge in [-0.25, -0.2) is 9.97 Å². The van der Waals surface area contributed by atoms with Gasteiger partial charge in [-0.3, -0.25) is 4.79 Å². The average Bonchev–Trinajstić information content (AvgIpc) is 1.96. The van der Waals surface area contributed by atoms with Crippen molar-refractivity contribution in [2.24, 2.45) is 0 Å². The summed E-state index contributed by atoms with van der Waals surface area (Å²) in [6.45, 7) is 0. The fourth-order valence-electron chi connectivity index (χ4n) is 0.685. The van der Waals surface area contributed by atoms with E-state index in [0.29, 0.717) is 10.2 Å². The van der Waals surface area contributed by atoms with Gasteiger partial charge in [0.05, 0.1) is 16.6 Å². The number of aliphatic carboxylic acids is 1. The summed E-state index contributed by atoms with van der Waals surface area (Å²) in [5.41, 5.74) is 5.65. The third kappa shape index (κ3) is 2.16. The normalized spacial score (nSPS) is 9.75. The Morgan fingerprint density at radius 3 is 3.00 bits per heavy atom. The first-order chi connectivity index (χ1) is 5.59. The molecule has 0 unspecified atom stereocenters. The summed E-state index contributed by atoms with van der Waals surface area (Å²) in [6.07, 6.45) is 1.27. The van der Waals surface area contributed by atoms with Crippen molar-refractivity contribution in [1.82, 2.24) is 9.97 Å². The highest BCUT2D eigenvalue weighted by molar-refractivity contribution is 9.10. The van der Waals surface area contributed by atoms with Gasteiger partial charge < -0.3 is 10.8 Å².